The number of aromatic nitrogens is 1. The van der Waals surface area contributed by atoms with Crippen molar-refractivity contribution in [2.75, 3.05) is 6.54 Å². The number of pyridine rings is 1. The van der Waals surface area contributed by atoms with E-state index in [0.29, 0.717) is 6.54 Å². The first-order valence-electron chi connectivity index (χ1n) is 6.05. The van der Waals surface area contributed by atoms with Gasteiger partial charge in [-0.3, -0.25) is 4.98 Å². The lowest BCUT2D eigenvalue weighted by Gasteiger charge is -2.25. The first-order valence-corrected chi connectivity index (χ1v) is 6.05. The van der Waals surface area contributed by atoms with Gasteiger partial charge in [0.2, 0.25) is 0 Å². The van der Waals surface area contributed by atoms with Gasteiger partial charge in [-0.05, 0) is 31.4 Å². The molecule has 0 aromatic carbocycles. The van der Waals surface area contributed by atoms with Crippen LogP contribution in [0.1, 0.15) is 44.2 Å². The molecule has 0 radical (unpaired) electrons. The number of hydrogen-bond donors (Lipinski definition) is 2. The largest absolute Gasteiger partial charge is 0.389 e. The van der Waals surface area contributed by atoms with Crippen LogP contribution >= 0.6 is 0 Å². The van der Waals surface area contributed by atoms with E-state index in [1.807, 2.05) is 12.3 Å². The van der Waals surface area contributed by atoms with E-state index < -0.39 is 5.60 Å². The fraction of sp³-hybridized carbons (Fsp3) is 0.615. The van der Waals surface area contributed by atoms with Crippen molar-refractivity contribution in [3.05, 3.63) is 30.1 Å². The maximum absolute atomic E-state index is 10.2. The van der Waals surface area contributed by atoms with E-state index in [1.54, 1.807) is 6.20 Å². The SMILES string of the molecule is CC(NCC1(O)CCCC1)c1cccnc1. The first kappa shape index (κ1) is 11.6. The van der Waals surface area contributed by atoms with Crippen molar-refractivity contribution in [2.45, 2.75) is 44.2 Å². The molecule has 2 N–H and O–H groups in total. The van der Waals surface area contributed by atoms with E-state index in [4.69, 9.17) is 0 Å². The highest BCUT2D eigenvalue weighted by atomic mass is 16.3. The molecule has 1 aromatic rings. The Hall–Kier alpha value is -0.930. The van der Waals surface area contributed by atoms with Crippen LogP contribution in [0.4, 0.5) is 0 Å². The van der Waals surface area contributed by atoms with Gasteiger partial charge in [-0.25, -0.2) is 0 Å². The molecule has 16 heavy (non-hydrogen) atoms. The summed E-state index contributed by atoms with van der Waals surface area (Å²) in [6.07, 6.45) is 7.81. The molecule has 0 saturated heterocycles. The van der Waals surface area contributed by atoms with Gasteiger partial charge in [0, 0.05) is 25.0 Å². The second-order valence-electron chi connectivity index (χ2n) is 4.82. The lowest BCUT2D eigenvalue weighted by Crippen LogP contribution is -2.39. The van der Waals surface area contributed by atoms with Crippen LogP contribution in [0, 0.1) is 0 Å². The van der Waals surface area contributed by atoms with Gasteiger partial charge in [0.15, 0.2) is 0 Å². The topological polar surface area (TPSA) is 45.1 Å². The summed E-state index contributed by atoms with van der Waals surface area (Å²) in [5.74, 6) is 0. The summed E-state index contributed by atoms with van der Waals surface area (Å²) in [6, 6.07) is 4.25. The molecule has 0 amide bonds. The van der Waals surface area contributed by atoms with Crippen molar-refractivity contribution in [3.63, 3.8) is 0 Å². The maximum atomic E-state index is 10.2. The predicted octanol–water partition coefficient (Wildman–Crippen LogP) is 2.04. The maximum Gasteiger partial charge on any atom is 0.0771 e. The molecule has 3 nitrogen and oxygen atoms in total. The van der Waals surface area contributed by atoms with E-state index >= 15 is 0 Å². The van der Waals surface area contributed by atoms with Crippen LogP contribution in [0.3, 0.4) is 0 Å². The number of aliphatic hydroxyl groups is 1. The second kappa shape index (κ2) is 4.93. The van der Waals surface area contributed by atoms with Crippen LogP contribution in [0.25, 0.3) is 0 Å². The molecule has 88 valence electrons. The lowest BCUT2D eigenvalue weighted by atomic mass is 10.0. The van der Waals surface area contributed by atoms with E-state index in [1.165, 1.54) is 5.56 Å². The fourth-order valence-electron chi connectivity index (χ4n) is 2.30. The van der Waals surface area contributed by atoms with E-state index in [9.17, 15) is 5.11 Å². The summed E-state index contributed by atoms with van der Waals surface area (Å²) in [5.41, 5.74) is 0.695. The molecule has 0 aliphatic heterocycles. The van der Waals surface area contributed by atoms with Gasteiger partial charge in [0.05, 0.1) is 5.60 Å². The molecule has 1 saturated carbocycles. The van der Waals surface area contributed by atoms with Gasteiger partial charge in [0.25, 0.3) is 0 Å². The summed E-state index contributed by atoms with van der Waals surface area (Å²) in [5, 5.41) is 13.6. The van der Waals surface area contributed by atoms with Gasteiger partial charge in [0.1, 0.15) is 0 Å². The van der Waals surface area contributed by atoms with Crippen molar-refractivity contribution in [3.8, 4) is 0 Å². The van der Waals surface area contributed by atoms with Crippen LogP contribution in [-0.2, 0) is 0 Å². The molecule has 1 unspecified atom stereocenters. The van der Waals surface area contributed by atoms with Gasteiger partial charge in [-0.15, -0.1) is 0 Å². The van der Waals surface area contributed by atoms with Crippen LogP contribution in [0.2, 0.25) is 0 Å². The molecule has 1 aliphatic rings. The highest BCUT2D eigenvalue weighted by Gasteiger charge is 2.30. The van der Waals surface area contributed by atoms with Gasteiger partial charge in [-0.1, -0.05) is 18.9 Å². The van der Waals surface area contributed by atoms with Crippen LogP contribution < -0.4 is 5.32 Å². The number of nitrogens with zero attached hydrogens (tertiary/aromatic N) is 1. The number of nitrogens with one attached hydrogen (secondary N) is 1. The third-order valence-corrected chi connectivity index (χ3v) is 3.46. The highest BCUT2D eigenvalue weighted by Crippen LogP contribution is 2.29. The summed E-state index contributed by atoms with van der Waals surface area (Å²) >= 11 is 0. The molecular formula is C13H20N2O. The summed E-state index contributed by atoms with van der Waals surface area (Å²) in [6.45, 7) is 2.79. The molecule has 1 aliphatic carbocycles. The Labute approximate surface area is 96.9 Å². The normalized spacial score (nSPS) is 20.9. The van der Waals surface area contributed by atoms with Crippen molar-refractivity contribution in [2.24, 2.45) is 0 Å². The van der Waals surface area contributed by atoms with Crippen molar-refractivity contribution >= 4 is 0 Å². The van der Waals surface area contributed by atoms with Crippen LogP contribution in [-0.4, -0.2) is 22.2 Å². The van der Waals surface area contributed by atoms with Crippen LogP contribution in [0.5, 0.6) is 0 Å². The summed E-state index contributed by atoms with van der Waals surface area (Å²) in [7, 11) is 0. The third-order valence-electron chi connectivity index (χ3n) is 3.46. The molecular weight excluding hydrogens is 200 g/mol. The monoisotopic (exact) mass is 220 g/mol. The molecule has 0 bridgehead atoms. The Morgan fingerprint density at radius 3 is 2.88 bits per heavy atom. The van der Waals surface area contributed by atoms with E-state index in [0.717, 1.165) is 25.7 Å². The standard InChI is InChI=1S/C13H20N2O/c1-11(12-5-4-8-14-9-12)15-10-13(16)6-2-3-7-13/h4-5,8-9,11,15-16H,2-3,6-7,10H2,1H3. The Bertz CT molecular complexity index is 320. The molecule has 0 spiro atoms. The smallest absolute Gasteiger partial charge is 0.0771 e. The second-order valence-corrected chi connectivity index (χ2v) is 4.82. The molecule has 3 heteroatoms. The van der Waals surface area contributed by atoms with Crippen molar-refractivity contribution in [1.82, 2.24) is 10.3 Å². The average Bonchev–Trinajstić information content (AvgIpc) is 2.75. The van der Waals surface area contributed by atoms with E-state index in [-0.39, 0.29) is 6.04 Å². The molecule has 1 aromatic heterocycles. The summed E-state index contributed by atoms with van der Waals surface area (Å²) in [4.78, 5) is 4.10. The number of rotatable bonds is 4. The Morgan fingerprint density at radius 2 is 2.25 bits per heavy atom. The fourth-order valence-corrected chi connectivity index (χ4v) is 2.30. The third kappa shape index (κ3) is 2.80. The zero-order chi connectivity index (χ0) is 11.4. The highest BCUT2D eigenvalue weighted by molar-refractivity contribution is 5.12. The van der Waals surface area contributed by atoms with E-state index in [2.05, 4.69) is 23.3 Å². The molecule has 1 fully saturated rings. The lowest BCUT2D eigenvalue weighted by molar-refractivity contribution is 0.0453. The van der Waals surface area contributed by atoms with Gasteiger partial charge in [-0.2, -0.15) is 0 Å². The zero-order valence-corrected chi connectivity index (χ0v) is 9.82. The minimum Gasteiger partial charge on any atom is -0.389 e. The Kier molecular flexibility index (Phi) is 3.56. The van der Waals surface area contributed by atoms with Crippen molar-refractivity contribution in [1.29, 1.82) is 0 Å². The number of hydrogen-bond acceptors (Lipinski definition) is 3. The van der Waals surface area contributed by atoms with Crippen molar-refractivity contribution < 1.29 is 5.11 Å². The molecule has 1 atom stereocenters. The minimum atomic E-state index is -0.476. The zero-order valence-electron chi connectivity index (χ0n) is 9.82. The average molecular weight is 220 g/mol. The Balaban J connectivity index is 1.86. The molecule has 2 rings (SSSR count). The minimum absolute atomic E-state index is 0.248. The van der Waals surface area contributed by atoms with Gasteiger partial charge >= 0.3 is 0 Å². The van der Waals surface area contributed by atoms with Gasteiger partial charge < -0.3 is 10.4 Å². The molecule has 1 heterocycles. The Morgan fingerprint density at radius 1 is 1.50 bits per heavy atom. The predicted molar refractivity (Wildman–Crippen MR) is 64.1 cm³/mol. The quantitative estimate of drug-likeness (QED) is 0.816. The van der Waals surface area contributed by atoms with Crippen LogP contribution in [0.15, 0.2) is 24.5 Å². The first-order chi connectivity index (χ1) is 7.70. The summed E-state index contributed by atoms with van der Waals surface area (Å²) < 4.78 is 0.